The second kappa shape index (κ2) is 7.19. The number of hydrogen-bond acceptors (Lipinski definition) is 5. The lowest BCUT2D eigenvalue weighted by Gasteiger charge is -2.34. The van der Waals surface area contributed by atoms with Crippen molar-refractivity contribution in [1.29, 1.82) is 0 Å². The number of likely N-dealkylation sites (tertiary alicyclic amines) is 1. The largest absolute Gasteiger partial charge is 0.356 e. The van der Waals surface area contributed by atoms with Crippen LogP contribution in [0.2, 0.25) is 0 Å². The Morgan fingerprint density at radius 1 is 1.00 bits per heavy atom. The van der Waals surface area contributed by atoms with Crippen LogP contribution in [0.1, 0.15) is 58.5 Å². The van der Waals surface area contributed by atoms with Crippen molar-refractivity contribution in [3.63, 3.8) is 0 Å². The number of carbonyl (C=O) groups is 2. The van der Waals surface area contributed by atoms with E-state index in [9.17, 15) is 14.0 Å². The maximum absolute atomic E-state index is 15.8. The van der Waals surface area contributed by atoms with Gasteiger partial charge in [-0.3, -0.25) is 19.8 Å². The zero-order chi connectivity index (χ0) is 21.9. The molecule has 160 valence electrons. The SMILES string of the molecule is CC(c1c(F)c2c(c(F)c1-c1noc3cc(F)ccc13)C(=O)NC2=O)N1CCCCC1. The Morgan fingerprint density at radius 2 is 1.68 bits per heavy atom. The van der Waals surface area contributed by atoms with Crippen LogP contribution in [-0.4, -0.2) is 35.0 Å². The highest BCUT2D eigenvalue weighted by Crippen LogP contribution is 2.42. The summed E-state index contributed by atoms with van der Waals surface area (Å²) in [5, 5.41) is 6.12. The Bertz CT molecular complexity index is 1250. The van der Waals surface area contributed by atoms with Crippen molar-refractivity contribution >= 4 is 22.8 Å². The first-order valence-electron chi connectivity index (χ1n) is 10.1. The maximum Gasteiger partial charge on any atom is 0.262 e. The predicted molar refractivity (Wildman–Crippen MR) is 105 cm³/mol. The molecule has 2 aliphatic heterocycles. The molecule has 3 heterocycles. The molecule has 2 aliphatic rings. The van der Waals surface area contributed by atoms with Gasteiger partial charge in [0.2, 0.25) is 0 Å². The summed E-state index contributed by atoms with van der Waals surface area (Å²) in [6, 6.07) is 3.03. The molecule has 0 saturated carbocycles. The number of rotatable bonds is 3. The highest BCUT2D eigenvalue weighted by molar-refractivity contribution is 6.22. The third-order valence-electron chi connectivity index (χ3n) is 6.12. The minimum atomic E-state index is -1.04. The van der Waals surface area contributed by atoms with E-state index in [1.807, 2.05) is 10.2 Å². The van der Waals surface area contributed by atoms with Crippen LogP contribution in [0, 0.1) is 17.5 Å². The fourth-order valence-electron chi connectivity index (χ4n) is 4.57. The fraction of sp³-hybridized carbons (Fsp3) is 0.318. The number of carbonyl (C=O) groups excluding carboxylic acids is 2. The summed E-state index contributed by atoms with van der Waals surface area (Å²) in [6.45, 7) is 3.11. The van der Waals surface area contributed by atoms with Crippen LogP contribution >= 0.6 is 0 Å². The Hall–Kier alpha value is -3.20. The van der Waals surface area contributed by atoms with E-state index >= 15 is 8.78 Å². The standard InChI is InChI=1S/C22H18F3N3O3/c1-10(28-7-3-2-4-8-28)14-15(20-12-6-5-11(23)9-13(12)31-27-20)19(25)17-16(18(14)24)21(29)26-22(17)30/h5-6,9-10H,2-4,7-8H2,1H3,(H,26,29,30). The summed E-state index contributed by atoms with van der Waals surface area (Å²) in [7, 11) is 0. The van der Waals surface area contributed by atoms with Gasteiger partial charge in [0.1, 0.15) is 23.1 Å². The minimum Gasteiger partial charge on any atom is -0.356 e. The van der Waals surface area contributed by atoms with Gasteiger partial charge in [-0.15, -0.1) is 0 Å². The molecule has 1 N–H and O–H groups in total. The third-order valence-corrected chi connectivity index (χ3v) is 6.12. The van der Waals surface area contributed by atoms with Crippen LogP contribution in [0.4, 0.5) is 13.2 Å². The number of benzene rings is 2. The quantitative estimate of drug-likeness (QED) is 0.627. The molecule has 3 aromatic rings. The smallest absolute Gasteiger partial charge is 0.262 e. The monoisotopic (exact) mass is 429 g/mol. The first-order chi connectivity index (χ1) is 14.9. The van der Waals surface area contributed by atoms with Crippen LogP contribution in [0.3, 0.4) is 0 Å². The molecule has 2 amide bonds. The average Bonchev–Trinajstić information content (AvgIpc) is 3.30. The molecule has 9 heteroatoms. The van der Waals surface area contributed by atoms with Crippen LogP contribution in [-0.2, 0) is 0 Å². The molecule has 1 fully saturated rings. The summed E-state index contributed by atoms with van der Waals surface area (Å²) >= 11 is 0. The van der Waals surface area contributed by atoms with E-state index in [-0.39, 0.29) is 27.8 Å². The number of nitrogens with zero attached hydrogens (tertiary/aromatic N) is 2. The van der Waals surface area contributed by atoms with Gasteiger partial charge < -0.3 is 4.52 Å². The molecule has 1 unspecified atom stereocenters. The second-order valence-electron chi connectivity index (χ2n) is 7.89. The molecule has 1 aromatic heterocycles. The number of aromatic nitrogens is 1. The summed E-state index contributed by atoms with van der Waals surface area (Å²) in [4.78, 5) is 26.4. The number of fused-ring (bicyclic) bond motifs is 2. The number of hydrogen-bond donors (Lipinski definition) is 1. The molecule has 0 aliphatic carbocycles. The topological polar surface area (TPSA) is 75.4 Å². The summed E-state index contributed by atoms with van der Waals surface area (Å²) in [6.07, 6.45) is 2.88. The summed E-state index contributed by atoms with van der Waals surface area (Å²) in [5.41, 5.74) is -1.53. The lowest BCUT2D eigenvalue weighted by molar-refractivity contribution is 0.0877. The zero-order valence-corrected chi connectivity index (χ0v) is 16.6. The van der Waals surface area contributed by atoms with Crippen molar-refractivity contribution < 1.29 is 27.3 Å². The van der Waals surface area contributed by atoms with Gasteiger partial charge in [-0.05, 0) is 45.0 Å². The first kappa shape index (κ1) is 19.7. The van der Waals surface area contributed by atoms with E-state index in [0.717, 1.165) is 31.4 Å². The molecule has 0 bridgehead atoms. The summed E-state index contributed by atoms with van der Waals surface area (Å²) in [5.74, 6) is -4.54. The van der Waals surface area contributed by atoms with E-state index in [1.165, 1.54) is 6.07 Å². The van der Waals surface area contributed by atoms with Crippen molar-refractivity contribution in [3.8, 4) is 11.3 Å². The van der Waals surface area contributed by atoms with Gasteiger partial charge in [0.25, 0.3) is 11.8 Å². The molecule has 1 atom stereocenters. The molecule has 6 nitrogen and oxygen atoms in total. The number of amides is 2. The van der Waals surface area contributed by atoms with E-state index < -0.39 is 46.4 Å². The molecule has 2 aromatic carbocycles. The molecule has 5 rings (SSSR count). The summed E-state index contributed by atoms with van der Waals surface area (Å²) < 4.78 is 50.3. The lowest BCUT2D eigenvalue weighted by atomic mass is 9.89. The van der Waals surface area contributed by atoms with Crippen molar-refractivity contribution in [3.05, 3.63) is 52.3 Å². The maximum atomic E-state index is 15.8. The Labute approximate surface area is 175 Å². The third kappa shape index (κ3) is 2.95. The Balaban J connectivity index is 1.82. The van der Waals surface area contributed by atoms with E-state index in [4.69, 9.17) is 4.52 Å². The van der Waals surface area contributed by atoms with Gasteiger partial charge in [0.05, 0.1) is 16.5 Å². The average molecular weight is 429 g/mol. The second-order valence-corrected chi connectivity index (χ2v) is 7.89. The normalized spacial score (nSPS) is 17.8. The molecule has 0 spiro atoms. The van der Waals surface area contributed by atoms with E-state index in [2.05, 4.69) is 5.16 Å². The molecular weight excluding hydrogens is 411 g/mol. The van der Waals surface area contributed by atoms with Gasteiger partial charge in [0.15, 0.2) is 5.58 Å². The van der Waals surface area contributed by atoms with Crippen LogP contribution in [0.5, 0.6) is 0 Å². The van der Waals surface area contributed by atoms with Gasteiger partial charge >= 0.3 is 0 Å². The number of nitrogens with one attached hydrogen (secondary N) is 1. The van der Waals surface area contributed by atoms with Gasteiger partial charge in [0, 0.05) is 23.2 Å². The zero-order valence-electron chi connectivity index (χ0n) is 16.6. The van der Waals surface area contributed by atoms with Crippen LogP contribution in [0.15, 0.2) is 22.7 Å². The fourth-order valence-corrected chi connectivity index (χ4v) is 4.57. The minimum absolute atomic E-state index is 0.0415. The number of piperidine rings is 1. The number of halogens is 3. The van der Waals surface area contributed by atoms with Crippen molar-refractivity contribution in [2.45, 2.75) is 32.2 Å². The van der Waals surface area contributed by atoms with Crippen molar-refractivity contribution in [2.24, 2.45) is 0 Å². The molecular formula is C22H18F3N3O3. The van der Waals surface area contributed by atoms with Gasteiger partial charge in [-0.25, -0.2) is 13.2 Å². The highest BCUT2D eigenvalue weighted by atomic mass is 19.1. The Kier molecular flexibility index (Phi) is 4.58. The van der Waals surface area contributed by atoms with Gasteiger partial charge in [-0.1, -0.05) is 11.6 Å². The highest BCUT2D eigenvalue weighted by Gasteiger charge is 2.40. The number of imide groups is 1. The first-order valence-corrected chi connectivity index (χ1v) is 10.1. The van der Waals surface area contributed by atoms with Crippen molar-refractivity contribution in [2.75, 3.05) is 13.1 Å². The molecule has 0 radical (unpaired) electrons. The van der Waals surface area contributed by atoms with Crippen molar-refractivity contribution in [1.82, 2.24) is 15.4 Å². The van der Waals surface area contributed by atoms with Crippen LogP contribution in [0.25, 0.3) is 22.2 Å². The molecule has 31 heavy (non-hydrogen) atoms. The lowest BCUT2D eigenvalue weighted by Crippen LogP contribution is -2.33. The van der Waals surface area contributed by atoms with E-state index in [0.29, 0.717) is 13.1 Å². The Morgan fingerprint density at radius 3 is 2.39 bits per heavy atom. The van der Waals surface area contributed by atoms with E-state index in [1.54, 1.807) is 6.92 Å². The molecule has 1 saturated heterocycles. The predicted octanol–water partition coefficient (Wildman–Crippen LogP) is 4.34. The van der Waals surface area contributed by atoms with Gasteiger partial charge in [-0.2, -0.15) is 0 Å². The van der Waals surface area contributed by atoms with Crippen LogP contribution < -0.4 is 5.32 Å².